The number of aliphatic hydroxyl groups is 1. The lowest BCUT2D eigenvalue weighted by atomic mass is 10.0. The SMILES string of the molecule is COc1cc2ncc(C#N)c(Nc3cc(Br)ccc3CCCCCCO)c2cc1O. The van der Waals surface area contributed by atoms with Crippen molar-refractivity contribution in [2.75, 3.05) is 19.0 Å². The molecule has 6 nitrogen and oxygen atoms in total. The highest BCUT2D eigenvalue weighted by Crippen LogP contribution is 2.37. The van der Waals surface area contributed by atoms with E-state index in [1.807, 2.05) is 12.1 Å². The number of unbranched alkanes of at least 4 members (excludes halogenated alkanes) is 3. The highest BCUT2D eigenvalue weighted by Gasteiger charge is 2.15. The molecule has 1 aromatic heterocycles. The summed E-state index contributed by atoms with van der Waals surface area (Å²) in [4.78, 5) is 4.34. The molecule has 1 heterocycles. The van der Waals surface area contributed by atoms with Gasteiger partial charge in [-0.1, -0.05) is 34.8 Å². The number of methoxy groups -OCH3 is 1. The smallest absolute Gasteiger partial charge is 0.162 e. The zero-order valence-electron chi connectivity index (χ0n) is 16.8. The highest BCUT2D eigenvalue weighted by atomic mass is 79.9. The Morgan fingerprint density at radius 1 is 1.17 bits per heavy atom. The first-order valence-electron chi connectivity index (χ1n) is 9.83. The molecule has 0 saturated heterocycles. The number of aliphatic hydroxyl groups excluding tert-OH is 1. The molecule has 0 aliphatic rings. The summed E-state index contributed by atoms with van der Waals surface area (Å²) < 4.78 is 6.10. The number of nitrogens with one attached hydrogen (secondary N) is 1. The van der Waals surface area contributed by atoms with Gasteiger partial charge in [-0.05, 0) is 43.0 Å². The van der Waals surface area contributed by atoms with Gasteiger partial charge in [0.1, 0.15) is 6.07 Å². The average molecular weight is 470 g/mol. The maximum Gasteiger partial charge on any atom is 0.162 e. The summed E-state index contributed by atoms with van der Waals surface area (Å²) in [6, 6.07) is 11.5. The van der Waals surface area contributed by atoms with Gasteiger partial charge in [-0.15, -0.1) is 0 Å². The van der Waals surface area contributed by atoms with Gasteiger partial charge in [-0.3, -0.25) is 4.98 Å². The van der Waals surface area contributed by atoms with Crippen LogP contribution in [0.3, 0.4) is 0 Å². The molecule has 0 spiro atoms. The third-order valence-electron chi connectivity index (χ3n) is 4.97. The van der Waals surface area contributed by atoms with E-state index < -0.39 is 0 Å². The Labute approximate surface area is 184 Å². The minimum absolute atomic E-state index is 0.0108. The van der Waals surface area contributed by atoms with Crippen LogP contribution >= 0.6 is 15.9 Å². The second kappa shape index (κ2) is 10.3. The van der Waals surface area contributed by atoms with Crippen molar-refractivity contribution in [3.63, 3.8) is 0 Å². The Kier molecular flexibility index (Phi) is 7.50. The number of nitrogens with zero attached hydrogens (tertiary/aromatic N) is 2. The first-order valence-corrected chi connectivity index (χ1v) is 10.6. The summed E-state index contributed by atoms with van der Waals surface area (Å²) >= 11 is 3.53. The number of ether oxygens (including phenoxy) is 1. The quantitative estimate of drug-likeness (QED) is 0.361. The van der Waals surface area contributed by atoms with E-state index in [1.54, 1.807) is 12.1 Å². The summed E-state index contributed by atoms with van der Waals surface area (Å²) in [5.41, 5.74) is 3.63. The number of phenols is 1. The molecule has 0 aliphatic carbocycles. The third-order valence-corrected chi connectivity index (χ3v) is 5.47. The lowest BCUT2D eigenvalue weighted by Crippen LogP contribution is -2.01. The van der Waals surface area contributed by atoms with Crippen LogP contribution in [0, 0.1) is 11.3 Å². The number of rotatable bonds is 9. The molecule has 0 radical (unpaired) electrons. The van der Waals surface area contributed by atoms with Gasteiger partial charge in [0.2, 0.25) is 0 Å². The van der Waals surface area contributed by atoms with Gasteiger partial charge in [0.05, 0.1) is 23.9 Å². The van der Waals surface area contributed by atoms with Gasteiger partial charge in [0, 0.05) is 34.4 Å². The number of halogens is 1. The zero-order chi connectivity index (χ0) is 21.5. The minimum atomic E-state index is -0.0108. The molecule has 0 unspecified atom stereocenters. The van der Waals surface area contributed by atoms with Crippen molar-refractivity contribution in [1.29, 1.82) is 5.26 Å². The molecule has 0 aliphatic heterocycles. The summed E-state index contributed by atoms with van der Waals surface area (Å²) in [5, 5.41) is 32.9. The van der Waals surface area contributed by atoms with Crippen LogP contribution in [0.15, 0.2) is 41.0 Å². The maximum atomic E-state index is 10.3. The number of fused-ring (bicyclic) bond motifs is 1. The lowest BCUT2D eigenvalue weighted by molar-refractivity contribution is 0.282. The second-order valence-corrected chi connectivity index (χ2v) is 7.93. The molecule has 0 fully saturated rings. The monoisotopic (exact) mass is 469 g/mol. The number of hydrogen-bond acceptors (Lipinski definition) is 6. The van der Waals surface area contributed by atoms with Crippen molar-refractivity contribution in [3.05, 3.63) is 52.1 Å². The molecule has 0 saturated carbocycles. The van der Waals surface area contributed by atoms with Crippen molar-refractivity contribution >= 4 is 38.2 Å². The molecule has 0 amide bonds. The van der Waals surface area contributed by atoms with Crippen LogP contribution in [0.1, 0.15) is 36.8 Å². The number of benzene rings is 2. The minimum Gasteiger partial charge on any atom is -0.504 e. The van der Waals surface area contributed by atoms with Gasteiger partial charge in [-0.2, -0.15) is 5.26 Å². The van der Waals surface area contributed by atoms with E-state index in [0.29, 0.717) is 27.9 Å². The number of phenolic OH excluding ortho intramolecular Hbond substituents is 1. The summed E-state index contributed by atoms with van der Waals surface area (Å²) in [6.45, 7) is 0.231. The first kappa shape index (κ1) is 21.9. The molecule has 3 aromatic rings. The van der Waals surface area contributed by atoms with E-state index in [4.69, 9.17) is 9.84 Å². The Balaban J connectivity index is 1.98. The third kappa shape index (κ3) is 5.02. The molecule has 3 N–H and O–H groups in total. The van der Waals surface area contributed by atoms with Crippen molar-refractivity contribution in [2.45, 2.75) is 32.1 Å². The van der Waals surface area contributed by atoms with Crippen LogP contribution in [0.2, 0.25) is 0 Å². The topological polar surface area (TPSA) is 98.4 Å². The molecule has 2 aromatic carbocycles. The van der Waals surface area contributed by atoms with Crippen LogP contribution in [0.25, 0.3) is 10.9 Å². The largest absolute Gasteiger partial charge is 0.504 e. The average Bonchev–Trinajstić information content (AvgIpc) is 2.75. The first-order chi connectivity index (χ1) is 14.6. The summed E-state index contributed by atoms with van der Waals surface area (Å²) in [7, 11) is 1.48. The van der Waals surface area contributed by atoms with Crippen LogP contribution in [-0.2, 0) is 6.42 Å². The Morgan fingerprint density at radius 3 is 2.70 bits per heavy atom. The number of anilines is 2. The van der Waals surface area contributed by atoms with Crippen molar-refractivity contribution in [1.82, 2.24) is 4.98 Å². The highest BCUT2D eigenvalue weighted by molar-refractivity contribution is 9.10. The molecule has 7 heteroatoms. The maximum absolute atomic E-state index is 10.3. The Morgan fingerprint density at radius 2 is 1.97 bits per heavy atom. The molecular weight excluding hydrogens is 446 g/mol. The molecule has 3 rings (SSSR count). The number of aromatic hydroxyl groups is 1. The summed E-state index contributed by atoms with van der Waals surface area (Å²) in [6.07, 6.45) is 6.29. The van der Waals surface area contributed by atoms with Gasteiger partial charge < -0.3 is 20.3 Å². The van der Waals surface area contributed by atoms with Crippen molar-refractivity contribution in [3.8, 4) is 17.6 Å². The van der Waals surface area contributed by atoms with Crippen LogP contribution in [0.5, 0.6) is 11.5 Å². The van der Waals surface area contributed by atoms with Crippen LogP contribution in [0.4, 0.5) is 11.4 Å². The number of pyridine rings is 1. The van der Waals surface area contributed by atoms with Gasteiger partial charge in [0.15, 0.2) is 11.5 Å². The predicted octanol–water partition coefficient (Wildman–Crippen LogP) is 5.42. The van der Waals surface area contributed by atoms with Crippen molar-refractivity contribution in [2.24, 2.45) is 0 Å². The van der Waals surface area contributed by atoms with Gasteiger partial charge >= 0.3 is 0 Å². The number of aromatic nitrogens is 1. The molecular formula is C23H24BrN3O3. The second-order valence-electron chi connectivity index (χ2n) is 7.01. The lowest BCUT2D eigenvalue weighted by Gasteiger charge is -2.16. The van der Waals surface area contributed by atoms with Gasteiger partial charge in [0.25, 0.3) is 0 Å². The van der Waals surface area contributed by atoms with Crippen LogP contribution in [-0.4, -0.2) is 28.9 Å². The van der Waals surface area contributed by atoms with E-state index in [9.17, 15) is 10.4 Å². The number of nitriles is 1. The summed E-state index contributed by atoms with van der Waals surface area (Å²) in [5.74, 6) is 0.319. The fourth-order valence-corrected chi connectivity index (χ4v) is 3.75. The van der Waals surface area contributed by atoms with E-state index in [1.165, 1.54) is 13.3 Å². The molecule has 30 heavy (non-hydrogen) atoms. The van der Waals surface area contributed by atoms with E-state index >= 15 is 0 Å². The standard InChI is InChI=1S/C23H24BrN3O3/c1-30-22-12-20-18(11-21(22)29)23(16(13-25)14-26-20)27-19-10-17(24)8-7-15(19)6-4-2-3-5-9-28/h7-8,10-12,14,28-29H,2-6,9H2,1H3,(H,26,27). The van der Waals surface area contributed by atoms with E-state index in [2.05, 4.69) is 38.4 Å². The van der Waals surface area contributed by atoms with Crippen molar-refractivity contribution < 1.29 is 14.9 Å². The Hall–Kier alpha value is -2.82. The molecule has 0 bridgehead atoms. The zero-order valence-corrected chi connectivity index (χ0v) is 18.4. The molecule has 156 valence electrons. The fourth-order valence-electron chi connectivity index (χ4n) is 3.39. The number of hydrogen-bond donors (Lipinski definition) is 3. The van der Waals surface area contributed by atoms with Crippen LogP contribution < -0.4 is 10.1 Å². The van der Waals surface area contributed by atoms with E-state index in [-0.39, 0.29) is 12.4 Å². The fraction of sp³-hybridized carbons (Fsp3) is 0.304. The predicted molar refractivity (Wildman–Crippen MR) is 121 cm³/mol. The van der Waals surface area contributed by atoms with Gasteiger partial charge in [-0.25, -0.2) is 0 Å². The van der Waals surface area contributed by atoms with E-state index in [0.717, 1.165) is 47.8 Å². The Bertz CT molecular complexity index is 1080. The normalized spacial score (nSPS) is 10.7. The number of aryl methyl sites for hydroxylation is 1. The molecule has 0 atom stereocenters.